The third kappa shape index (κ3) is 2.70. The molecule has 1 rings (SSSR count). The largest absolute Gasteiger partial charge is 0.340 e. The van der Waals surface area contributed by atoms with Crippen molar-refractivity contribution in [2.75, 3.05) is 6.54 Å². The first-order chi connectivity index (χ1) is 7.26. The molecule has 0 aliphatic heterocycles. The molecule has 0 radical (unpaired) electrons. The maximum atomic E-state index is 8.67. The summed E-state index contributed by atoms with van der Waals surface area (Å²) in [5.41, 5.74) is 9.33. The fraction of sp³-hybridized carbons (Fsp3) is 0.500. The van der Waals surface area contributed by atoms with Gasteiger partial charge in [0, 0.05) is 0 Å². The summed E-state index contributed by atoms with van der Waals surface area (Å²) in [6.45, 7) is 4.84. The van der Waals surface area contributed by atoms with E-state index >= 15 is 0 Å². The zero-order chi connectivity index (χ0) is 11.3. The van der Waals surface area contributed by atoms with Crippen LogP contribution in [0, 0.1) is 0 Å². The Morgan fingerprint density at radius 3 is 2.07 bits per heavy atom. The number of hydrogen-bond donors (Lipinski definition) is 2. The third-order valence-electron chi connectivity index (χ3n) is 2.67. The molecule has 15 heavy (non-hydrogen) atoms. The minimum atomic E-state index is 0.518. The lowest BCUT2D eigenvalue weighted by Gasteiger charge is -2.13. The molecule has 0 saturated heterocycles. The highest BCUT2D eigenvalue weighted by Crippen LogP contribution is 2.24. The van der Waals surface area contributed by atoms with E-state index in [-0.39, 0.29) is 0 Å². The van der Waals surface area contributed by atoms with Gasteiger partial charge >= 0.3 is 0 Å². The second-order valence-corrected chi connectivity index (χ2v) is 3.56. The van der Waals surface area contributed by atoms with Gasteiger partial charge in [0.25, 0.3) is 0 Å². The van der Waals surface area contributed by atoms with E-state index in [0.29, 0.717) is 12.3 Å². The molecule has 0 amide bonds. The second kappa shape index (κ2) is 5.73. The monoisotopic (exact) mass is 209 g/mol. The molecule has 0 spiro atoms. The van der Waals surface area contributed by atoms with Gasteiger partial charge < -0.3 is 10.6 Å². The molecule has 0 bridgehead atoms. The number of nitrogens with two attached hydrogens (primary N) is 1. The van der Waals surface area contributed by atoms with Crippen molar-refractivity contribution in [1.29, 1.82) is 0 Å². The van der Waals surface area contributed by atoms with E-state index < -0.39 is 0 Å². The van der Waals surface area contributed by atoms with Crippen molar-refractivity contribution in [3.63, 3.8) is 0 Å². The van der Waals surface area contributed by atoms with Crippen LogP contribution in [0.3, 0.4) is 0 Å². The van der Waals surface area contributed by atoms with Crippen molar-refractivity contribution in [1.82, 2.24) is 0 Å². The first kappa shape index (κ1) is 12.0. The van der Waals surface area contributed by atoms with Crippen LogP contribution in [0.25, 0.3) is 0 Å². The van der Waals surface area contributed by atoms with Gasteiger partial charge in [-0.2, -0.15) is 0 Å². The predicted octanol–water partition coefficient (Wildman–Crippen LogP) is 2.16. The van der Waals surface area contributed by atoms with Crippen LogP contribution >= 0.6 is 0 Å². The Bertz CT molecular complexity index is 298. The summed E-state index contributed by atoms with van der Waals surface area (Å²) < 4.78 is 0. The Balaban J connectivity index is 3.19. The summed E-state index contributed by atoms with van der Waals surface area (Å²) in [4.78, 5) is 4.30. The highest BCUT2D eigenvalue weighted by molar-refractivity contribution is 5.42. The molecule has 0 atom stereocenters. The quantitative estimate of drug-likeness (QED) is 0.577. The summed E-state index contributed by atoms with van der Waals surface area (Å²) in [7, 11) is 0. The van der Waals surface area contributed by atoms with Crippen LogP contribution in [-0.2, 0) is 19.3 Å². The summed E-state index contributed by atoms with van der Waals surface area (Å²) in [5.74, 6) is 0.518. The molecule has 0 fully saturated rings. The number of rotatable bonds is 5. The number of benzene rings is 1. The minimum Gasteiger partial charge on any atom is -0.340 e. The average molecular weight is 209 g/mol. The van der Waals surface area contributed by atoms with E-state index in [4.69, 9.17) is 11.0 Å². The first-order valence-corrected chi connectivity index (χ1v) is 5.42. The molecule has 84 valence electrons. The van der Waals surface area contributed by atoms with Crippen LogP contribution in [0.2, 0.25) is 0 Å². The molecule has 0 aliphatic carbocycles. The molecular weight excluding hydrogens is 190 g/mol. The van der Waals surface area contributed by atoms with E-state index in [9.17, 15) is 0 Å². The highest BCUT2D eigenvalue weighted by Gasteiger charge is 2.09. The van der Waals surface area contributed by atoms with E-state index in [1.165, 1.54) is 16.7 Å². The lowest BCUT2D eigenvalue weighted by molar-refractivity contribution is -0.137. The fourth-order valence-corrected chi connectivity index (χ4v) is 1.91. The molecule has 0 heterocycles. The number of hydrogen-bond acceptors (Lipinski definition) is 3. The molecule has 1 aromatic carbocycles. The van der Waals surface area contributed by atoms with Gasteiger partial charge in [0.1, 0.15) is 0 Å². The molecule has 3 heteroatoms. The van der Waals surface area contributed by atoms with Crippen molar-refractivity contribution in [2.45, 2.75) is 33.1 Å². The van der Waals surface area contributed by atoms with Crippen LogP contribution in [-0.4, -0.2) is 11.8 Å². The van der Waals surface area contributed by atoms with Gasteiger partial charge in [0.2, 0.25) is 0 Å². The lowest BCUT2D eigenvalue weighted by atomic mass is 9.95. The minimum absolute atomic E-state index is 0.518. The van der Waals surface area contributed by atoms with E-state index in [2.05, 4.69) is 18.7 Å². The van der Waals surface area contributed by atoms with E-state index in [0.717, 1.165) is 19.3 Å². The van der Waals surface area contributed by atoms with Gasteiger partial charge in [0.05, 0.1) is 0 Å². The molecule has 3 nitrogen and oxygen atoms in total. The van der Waals surface area contributed by atoms with Gasteiger partial charge in [0.15, 0.2) is 5.75 Å². The highest BCUT2D eigenvalue weighted by atomic mass is 17.1. The van der Waals surface area contributed by atoms with E-state index in [1.54, 1.807) is 0 Å². The van der Waals surface area contributed by atoms with Crippen molar-refractivity contribution in [2.24, 2.45) is 5.73 Å². The van der Waals surface area contributed by atoms with Crippen molar-refractivity contribution in [3.05, 3.63) is 28.8 Å². The van der Waals surface area contributed by atoms with Crippen molar-refractivity contribution < 1.29 is 10.1 Å². The third-order valence-corrected chi connectivity index (χ3v) is 2.67. The van der Waals surface area contributed by atoms with Gasteiger partial charge in [-0.15, -0.1) is 0 Å². The van der Waals surface area contributed by atoms with Gasteiger partial charge in [-0.05, 0) is 54.6 Å². The van der Waals surface area contributed by atoms with Crippen LogP contribution in [0.15, 0.2) is 12.1 Å². The maximum Gasteiger partial charge on any atom is 0.165 e. The van der Waals surface area contributed by atoms with Crippen LogP contribution < -0.4 is 10.6 Å². The Kier molecular flexibility index (Phi) is 4.59. The second-order valence-electron chi connectivity index (χ2n) is 3.56. The fourth-order valence-electron chi connectivity index (χ4n) is 1.91. The van der Waals surface area contributed by atoms with Gasteiger partial charge in [-0.3, -0.25) is 0 Å². The summed E-state index contributed by atoms with van der Waals surface area (Å²) >= 11 is 0. The van der Waals surface area contributed by atoms with Gasteiger partial charge in [-0.1, -0.05) is 13.8 Å². The average Bonchev–Trinajstić information content (AvgIpc) is 2.29. The normalized spacial score (nSPS) is 10.4. The zero-order valence-electron chi connectivity index (χ0n) is 9.42. The Morgan fingerprint density at radius 1 is 1.20 bits per heavy atom. The molecule has 0 saturated carbocycles. The molecule has 0 aliphatic rings. The topological polar surface area (TPSA) is 55.5 Å². The standard InChI is InChI=1S/C12H19NO2/c1-3-9-7-11(15-14)8-10(4-2)12(9)5-6-13/h7-8,14H,3-6,13H2,1-2H3. The van der Waals surface area contributed by atoms with Crippen LogP contribution in [0.1, 0.15) is 30.5 Å². The Hall–Kier alpha value is -1.06. The Labute approximate surface area is 90.8 Å². The van der Waals surface area contributed by atoms with Crippen LogP contribution in [0.5, 0.6) is 5.75 Å². The summed E-state index contributed by atoms with van der Waals surface area (Å²) in [6, 6.07) is 3.76. The summed E-state index contributed by atoms with van der Waals surface area (Å²) in [5, 5.41) is 8.67. The first-order valence-electron chi connectivity index (χ1n) is 5.42. The van der Waals surface area contributed by atoms with Crippen LogP contribution in [0.4, 0.5) is 0 Å². The van der Waals surface area contributed by atoms with Gasteiger partial charge in [-0.25, -0.2) is 5.26 Å². The molecule has 3 N–H and O–H groups in total. The number of aryl methyl sites for hydroxylation is 2. The molecule has 1 aromatic rings. The molecule has 0 unspecified atom stereocenters. The summed E-state index contributed by atoms with van der Waals surface area (Å²) in [6.07, 6.45) is 2.75. The molecule has 0 aromatic heterocycles. The molecular formula is C12H19NO2. The maximum absolute atomic E-state index is 8.67. The predicted molar refractivity (Wildman–Crippen MR) is 61.2 cm³/mol. The van der Waals surface area contributed by atoms with E-state index in [1.807, 2.05) is 12.1 Å². The van der Waals surface area contributed by atoms with Crippen molar-refractivity contribution >= 4 is 0 Å². The lowest BCUT2D eigenvalue weighted by Crippen LogP contribution is -2.08. The Morgan fingerprint density at radius 2 is 1.73 bits per heavy atom. The SMILES string of the molecule is CCc1cc(OO)cc(CC)c1CCN. The smallest absolute Gasteiger partial charge is 0.165 e. The zero-order valence-corrected chi connectivity index (χ0v) is 9.42. The van der Waals surface area contributed by atoms with Crippen molar-refractivity contribution in [3.8, 4) is 5.75 Å².